The Hall–Kier alpha value is -4.98. The Balaban J connectivity index is 1.41. The van der Waals surface area contributed by atoms with Crippen LogP contribution in [0.1, 0.15) is 24.0 Å². The fourth-order valence-corrected chi connectivity index (χ4v) is 5.06. The second-order valence-electron chi connectivity index (χ2n) is 10.6. The van der Waals surface area contributed by atoms with Crippen LogP contribution in [0, 0.1) is 17.6 Å². The molecule has 0 radical (unpaired) electrons. The molecule has 0 saturated carbocycles. The summed E-state index contributed by atoms with van der Waals surface area (Å²) < 4.78 is 87.0. The molecule has 2 heterocycles. The highest BCUT2D eigenvalue weighted by Gasteiger charge is 2.32. The second-order valence-corrected chi connectivity index (χ2v) is 10.6. The average Bonchev–Trinajstić information content (AvgIpc) is 3.03. The summed E-state index contributed by atoms with van der Waals surface area (Å²) in [4.78, 5) is 29.3. The molecule has 0 atom stereocenters. The molecule has 9 nitrogen and oxygen atoms in total. The molecule has 2 amide bonds. The summed E-state index contributed by atoms with van der Waals surface area (Å²) in [6.07, 6.45) is -1.35. The summed E-state index contributed by atoms with van der Waals surface area (Å²) >= 11 is 0. The maximum atomic E-state index is 15.4. The van der Waals surface area contributed by atoms with E-state index in [9.17, 15) is 27.2 Å². The first-order valence-electron chi connectivity index (χ1n) is 14.2. The van der Waals surface area contributed by atoms with Crippen LogP contribution < -0.4 is 30.2 Å². The van der Waals surface area contributed by atoms with Gasteiger partial charge in [-0.2, -0.15) is 13.2 Å². The number of carbonyl (C=O) groups is 2. The molecule has 242 valence electrons. The van der Waals surface area contributed by atoms with Crippen LogP contribution in [-0.4, -0.2) is 43.6 Å². The number of anilines is 1. The van der Waals surface area contributed by atoms with Crippen molar-refractivity contribution in [3.05, 3.63) is 83.6 Å². The Morgan fingerprint density at radius 1 is 0.957 bits per heavy atom. The van der Waals surface area contributed by atoms with Crippen molar-refractivity contribution in [2.24, 2.45) is 11.7 Å². The summed E-state index contributed by atoms with van der Waals surface area (Å²) in [5, 5.41) is 3.79. The number of hydrogen-bond acceptors (Lipinski definition) is 7. The molecule has 5 rings (SSSR count). The predicted octanol–water partition coefficient (Wildman–Crippen LogP) is 5.73. The van der Waals surface area contributed by atoms with E-state index < -0.39 is 47.3 Å². The molecule has 3 aromatic carbocycles. The first-order valence-corrected chi connectivity index (χ1v) is 14.2. The number of hydrogen-bond donors (Lipinski definition) is 2. The third-order valence-electron chi connectivity index (χ3n) is 7.52. The van der Waals surface area contributed by atoms with Crippen molar-refractivity contribution in [2.45, 2.75) is 25.6 Å². The Kier molecular flexibility index (Phi) is 9.56. The van der Waals surface area contributed by atoms with Gasteiger partial charge in [0.25, 0.3) is 0 Å². The number of carbonyl (C=O) groups excluding carboxylic acids is 2. The number of benzene rings is 3. The zero-order valence-electron chi connectivity index (χ0n) is 24.5. The number of nitrogens with zero attached hydrogens (tertiary/aromatic N) is 2. The van der Waals surface area contributed by atoms with Crippen LogP contribution in [0.3, 0.4) is 0 Å². The molecule has 4 aromatic rings. The van der Waals surface area contributed by atoms with Gasteiger partial charge in [0, 0.05) is 35.0 Å². The Morgan fingerprint density at radius 2 is 1.72 bits per heavy atom. The Bertz CT molecular complexity index is 1760. The summed E-state index contributed by atoms with van der Waals surface area (Å²) in [7, 11) is 1.48. The van der Waals surface area contributed by atoms with E-state index in [-0.39, 0.29) is 17.2 Å². The first kappa shape index (κ1) is 32.4. The third-order valence-corrected chi connectivity index (χ3v) is 7.52. The van der Waals surface area contributed by atoms with E-state index in [4.69, 9.17) is 19.9 Å². The number of primary amides is 1. The molecule has 0 spiro atoms. The molecule has 1 aliphatic heterocycles. The molecule has 3 N–H and O–H groups in total. The lowest BCUT2D eigenvalue weighted by Crippen LogP contribution is -2.40. The van der Waals surface area contributed by atoms with E-state index >= 15 is 4.39 Å². The van der Waals surface area contributed by atoms with Crippen molar-refractivity contribution in [1.29, 1.82) is 0 Å². The first-order chi connectivity index (χ1) is 21.9. The summed E-state index contributed by atoms with van der Waals surface area (Å²) in [5.74, 6) is -3.73. The number of nitrogens with two attached hydrogens (primary N) is 1. The number of ether oxygens (including phenoxy) is 3. The zero-order valence-corrected chi connectivity index (χ0v) is 24.5. The van der Waals surface area contributed by atoms with Crippen LogP contribution in [0.25, 0.3) is 10.9 Å². The molecule has 0 unspecified atom stereocenters. The standard InChI is InChI=1S/C32H29F5N4O5/c1-44-28-14-22-25(15-29(28)45-17-18-6-9-39-10-7-18)40-11-8-26(22)46-27-5-3-21(13-24(27)34)41(31(43)30(38)42)16-19-12-20(32(35,36)37)2-4-23(19)33/h2-5,8,11-15,18,39H,6-7,9-10,16-17H2,1H3,(H2,38,42). The van der Waals surface area contributed by atoms with E-state index in [1.165, 1.54) is 25.4 Å². The number of halogens is 5. The molecule has 0 aliphatic carbocycles. The number of pyridine rings is 1. The van der Waals surface area contributed by atoms with E-state index in [1.54, 1.807) is 12.1 Å². The number of amides is 2. The highest BCUT2D eigenvalue weighted by Crippen LogP contribution is 2.39. The molecule has 1 saturated heterocycles. The van der Waals surface area contributed by atoms with Gasteiger partial charge >= 0.3 is 18.0 Å². The lowest BCUT2D eigenvalue weighted by molar-refractivity contribution is -0.137. The lowest BCUT2D eigenvalue weighted by atomic mass is 9.99. The van der Waals surface area contributed by atoms with Crippen molar-refractivity contribution in [3.63, 3.8) is 0 Å². The van der Waals surface area contributed by atoms with E-state index in [1.807, 2.05) is 0 Å². The maximum Gasteiger partial charge on any atom is 0.416 e. The number of aromatic nitrogens is 1. The summed E-state index contributed by atoms with van der Waals surface area (Å²) in [6, 6.07) is 9.61. The van der Waals surface area contributed by atoms with Crippen LogP contribution in [0.15, 0.2) is 60.8 Å². The summed E-state index contributed by atoms with van der Waals surface area (Å²) in [5.41, 5.74) is 3.59. The van der Waals surface area contributed by atoms with Gasteiger partial charge in [0.15, 0.2) is 23.1 Å². The maximum absolute atomic E-state index is 15.4. The molecule has 1 aromatic heterocycles. The van der Waals surface area contributed by atoms with Gasteiger partial charge in [-0.1, -0.05) is 0 Å². The van der Waals surface area contributed by atoms with Crippen molar-refractivity contribution in [2.75, 3.05) is 31.7 Å². The van der Waals surface area contributed by atoms with E-state index in [2.05, 4.69) is 10.3 Å². The van der Waals surface area contributed by atoms with Gasteiger partial charge in [0.05, 0.1) is 31.3 Å². The van der Waals surface area contributed by atoms with Gasteiger partial charge in [0.2, 0.25) is 0 Å². The number of nitrogens with one attached hydrogen (secondary N) is 1. The molecule has 1 fully saturated rings. The van der Waals surface area contributed by atoms with Crippen molar-refractivity contribution < 1.29 is 45.8 Å². The number of methoxy groups -OCH3 is 1. The number of piperidine rings is 1. The minimum Gasteiger partial charge on any atom is -0.493 e. The van der Waals surface area contributed by atoms with Crippen LogP contribution >= 0.6 is 0 Å². The molecular formula is C32H29F5N4O5. The topological polar surface area (TPSA) is 116 Å². The lowest BCUT2D eigenvalue weighted by Gasteiger charge is -2.23. The van der Waals surface area contributed by atoms with Crippen LogP contribution in [0.5, 0.6) is 23.0 Å². The van der Waals surface area contributed by atoms with Gasteiger partial charge in [0.1, 0.15) is 11.6 Å². The third kappa shape index (κ3) is 7.28. The van der Waals surface area contributed by atoms with Gasteiger partial charge in [-0.05, 0) is 74.3 Å². The quantitative estimate of drug-likeness (QED) is 0.177. The molecule has 1 aliphatic rings. The van der Waals surface area contributed by atoms with Gasteiger partial charge in [-0.15, -0.1) is 0 Å². The number of rotatable bonds is 9. The van der Waals surface area contributed by atoms with Crippen LogP contribution in [0.4, 0.5) is 27.6 Å². The fraction of sp³-hybridized carbons (Fsp3) is 0.281. The Labute approximate surface area is 260 Å². The summed E-state index contributed by atoms with van der Waals surface area (Å²) in [6.45, 7) is 1.52. The largest absolute Gasteiger partial charge is 0.493 e. The van der Waals surface area contributed by atoms with E-state index in [0.717, 1.165) is 38.1 Å². The molecule has 14 heteroatoms. The monoisotopic (exact) mass is 644 g/mol. The fourth-order valence-electron chi connectivity index (χ4n) is 5.06. The highest BCUT2D eigenvalue weighted by molar-refractivity contribution is 6.39. The minimum absolute atomic E-state index is 0.205. The van der Waals surface area contributed by atoms with Crippen molar-refractivity contribution in [3.8, 4) is 23.0 Å². The predicted molar refractivity (Wildman–Crippen MR) is 158 cm³/mol. The molecular weight excluding hydrogens is 615 g/mol. The zero-order chi connectivity index (χ0) is 33.0. The van der Waals surface area contributed by atoms with Crippen LogP contribution in [0.2, 0.25) is 0 Å². The molecule has 0 bridgehead atoms. The number of fused-ring (bicyclic) bond motifs is 1. The SMILES string of the molecule is COc1cc2c(Oc3ccc(N(Cc4cc(C(F)(F)F)ccc4F)C(=O)C(N)=O)cc3F)ccnc2cc1OCC1CCNCC1. The van der Waals surface area contributed by atoms with Gasteiger partial charge in [-0.25, -0.2) is 8.78 Å². The van der Waals surface area contributed by atoms with Gasteiger partial charge in [-0.3, -0.25) is 19.5 Å². The highest BCUT2D eigenvalue weighted by atomic mass is 19.4. The Morgan fingerprint density at radius 3 is 2.39 bits per heavy atom. The van der Waals surface area contributed by atoms with Crippen molar-refractivity contribution >= 4 is 28.4 Å². The van der Waals surface area contributed by atoms with Gasteiger partial charge < -0.3 is 25.3 Å². The van der Waals surface area contributed by atoms with Crippen molar-refractivity contribution in [1.82, 2.24) is 10.3 Å². The van der Waals surface area contributed by atoms with E-state index in [0.29, 0.717) is 58.0 Å². The number of alkyl halides is 3. The van der Waals surface area contributed by atoms with Crippen LogP contribution in [-0.2, 0) is 22.3 Å². The normalized spacial score (nSPS) is 13.8. The minimum atomic E-state index is -4.80. The average molecular weight is 645 g/mol. The molecule has 46 heavy (non-hydrogen) atoms. The smallest absolute Gasteiger partial charge is 0.416 e. The second kappa shape index (κ2) is 13.6.